The summed E-state index contributed by atoms with van der Waals surface area (Å²) >= 11 is 0. The second kappa shape index (κ2) is 7.43. The van der Waals surface area contributed by atoms with Gasteiger partial charge in [-0.15, -0.1) is 0 Å². The van der Waals surface area contributed by atoms with Crippen LogP contribution in [-0.4, -0.2) is 61.2 Å². The number of rotatable bonds is 6. The molecule has 1 aromatic heterocycles. The van der Waals surface area contributed by atoms with Crippen molar-refractivity contribution in [3.63, 3.8) is 0 Å². The fraction of sp³-hybridized carbons (Fsp3) is 0.643. The van der Waals surface area contributed by atoms with Crippen LogP contribution in [0, 0.1) is 0 Å². The molecule has 0 amide bonds. The first-order chi connectivity index (χ1) is 9.31. The maximum atomic E-state index is 5.55. The molecule has 5 heteroatoms. The van der Waals surface area contributed by atoms with Crippen molar-refractivity contribution in [3.05, 3.63) is 23.9 Å². The first-order valence-corrected chi connectivity index (χ1v) is 6.96. The first-order valence-electron chi connectivity index (χ1n) is 6.96. The molecule has 2 N–H and O–H groups in total. The average molecular weight is 264 g/mol. The lowest BCUT2D eigenvalue weighted by molar-refractivity contribution is 0.125. The highest BCUT2D eigenvalue weighted by Crippen LogP contribution is 2.11. The summed E-state index contributed by atoms with van der Waals surface area (Å²) in [6.45, 7) is 7.28. The van der Waals surface area contributed by atoms with Gasteiger partial charge >= 0.3 is 0 Å². The summed E-state index contributed by atoms with van der Waals surface area (Å²) in [5.74, 6) is 0.694. The number of pyridine rings is 1. The Morgan fingerprint density at radius 1 is 1.21 bits per heavy atom. The molecule has 1 aliphatic heterocycles. The van der Waals surface area contributed by atoms with Gasteiger partial charge in [-0.3, -0.25) is 4.90 Å². The van der Waals surface area contributed by atoms with E-state index in [1.54, 1.807) is 7.11 Å². The van der Waals surface area contributed by atoms with Crippen LogP contribution in [0.3, 0.4) is 0 Å². The van der Waals surface area contributed by atoms with Gasteiger partial charge in [0, 0.05) is 38.8 Å². The van der Waals surface area contributed by atoms with E-state index in [0.29, 0.717) is 5.88 Å². The number of ether oxygens (including phenoxy) is 1. The molecule has 1 aromatic rings. The molecule has 0 atom stereocenters. The molecule has 2 rings (SSSR count). The predicted molar refractivity (Wildman–Crippen MR) is 76.2 cm³/mol. The maximum Gasteiger partial charge on any atom is 0.213 e. The van der Waals surface area contributed by atoms with Crippen LogP contribution in [0.1, 0.15) is 12.1 Å². The van der Waals surface area contributed by atoms with Crippen molar-refractivity contribution in [2.24, 2.45) is 5.73 Å². The molecule has 2 heterocycles. The minimum absolute atomic E-state index is 0.694. The summed E-state index contributed by atoms with van der Waals surface area (Å²) in [5, 5.41) is 0. The fourth-order valence-electron chi connectivity index (χ4n) is 2.37. The number of methoxy groups -OCH3 is 1. The van der Waals surface area contributed by atoms with Crippen LogP contribution in [0.2, 0.25) is 0 Å². The van der Waals surface area contributed by atoms with Crippen LogP contribution < -0.4 is 10.5 Å². The zero-order valence-corrected chi connectivity index (χ0v) is 11.7. The van der Waals surface area contributed by atoms with Gasteiger partial charge in [0.15, 0.2) is 0 Å². The van der Waals surface area contributed by atoms with Crippen LogP contribution in [0.4, 0.5) is 0 Å². The van der Waals surface area contributed by atoms with Crippen molar-refractivity contribution in [3.8, 4) is 5.88 Å². The molecule has 1 fully saturated rings. The Bertz CT molecular complexity index is 377. The van der Waals surface area contributed by atoms with Gasteiger partial charge in [0.05, 0.1) is 12.8 Å². The maximum absolute atomic E-state index is 5.55. The van der Waals surface area contributed by atoms with Gasteiger partial charge in [0.25, 0.3) is 0 Å². The second-order valence-corrected chi connectivity index (χ2v) is 4.93. The Balaban J connectivity index is 1.78. The Hall–Kier alpha value is -1.17. The summed E-state index contributed by atoms with van der Waals surface area (Å²) in [4.78, 5) is 9.39. The smallest absolute Gasteiger partial charge is 0.213 e. The number of nitrogens with two attached hydrogens (primary N) is 1. The van der Waals surface area contributed by atoms with Crippen molar-refractivity contribution in [1.82, 2.24) is 14.8 Å². The van der Waals surface area contributed by atoms with Gasteiger partial charge in [-0.05, 0) is 25.6 Å². The van der Waals surface area contributed by atoms with E-state index >= 15 is 0 Å². The van der Waals surface area contributed by atoms with E-state index in [-0.39, 0.29) is 0 Å². The Morgan fingerprint density at radius 3 is 2.63 bits per heavy atom. The number of hydrogen-bond donors (Lipinski definition) is 1. The topological polar surface area (TPSA) is 54.6 Å². The molecule has 0 unspecified atom stereocenters. The Morgan fingerprint density at radius 2 is 1.95 bits per heavy atom. The largest absolute Gasteiger partial charge is 0.481 e. The van der Waals surface area contributed by atoms with Crippen molar-refractivity contribution in [2.75, 3.05) is 46.4 Å². The zero-order chi connectivity index (χ0) is 13.5. The van der Waals surface area contributed by atoms with Gasteiger partial charge < -0.3 is 15.4 Å². The van der Waals surface area contributed by atoms with Crippen LogP contribution in [-0.2, 0) is 6.54 Å². The van der Waals surface area contributed by atoms with Crippen molar-refractivity contribution in [1.29, 1.82) is 0 Å². The normalized spacial score (nSPS) is 17.6. The molecule has 5 nitrogen and oxygen atoms in total. The van der Waals surface area contributed by atoms with E-state index in [2.05, 4.69) is 20.9 Å². The number of piperazine rings is 1. The van der Waals surface area contributed by atoms with Crippen LogP contribution in [0.25, 0.3) is 0 Å². The Kier molecular flexibility index (Phi) is 5.57. The molecular weight excluding hydrogens is 240 g/mol. The third kappa shape index (κ3) is 4.45. The van der Waals surface area contributed by atoms with E-state index in [0.717, 1.165) is 57.9 Å². The second-order valence-electron chi connectivity index (χ2n) is 4.93. The molecule has 0 saturated carbocycles. The average Bonchev–Trinajstić information content (AvgIpc) is 2.47. The van der Waals surface area contributed by atoms with E-state index in [1.165, 1.54) is 0 Å². The fourth-order valence-corrected chi connectivity index (χ4v) is 2.37. The SMILES string of the molecule is COc1cccc(CN2CCN(CCCN)CC2)n1. The number of aromatic nitrogens is 1. The van der Waals surface area contributed by atoms with E-state index < -0.39 is 0 Å². The van der Waals surface area contributed by atoms with Crippen molar-refractivity contribution >= 4 is 0 Å². The highest BCUT2D eigenvalue weighted by molar-refractivity contribution is 5.15. The van der Waals surface area contributed by atoms with E-state index in [4.69, 9.17) is 10.5 Å². The van der Waals surface area contributed by atoms with Gasteiger partial charge in [0.1, 0.15) is 0 Å². The summed E-state index contributed by atoms with van der Waals surface area (Å²) in [6.07, 6.45) is 1.09. The lowest BCUT2D eigenvalue weighted by Crippen LogP contribution is -2.46. The van der Waals surface area contributed by atoms with E-state index in [1.807, 2.05) is 12.1 Å². The number of nitrogens with zero attached hydrogens (tertiary/aromatic N) is 3. The van der Waals surface area contributed by atoms with Crippen molar-refractivity contribution in [2.45, 2.75) is 13.0 Å². The molecule has 0 radical (unpaired) electrons. The van der Waals surface area contributed by atoms with Gasteiger partial charge in [-0.2, -0.15) is 0 Å². The Labute approximate surface area is 115 Å². The van der Waals surface area contributed by atoms with Crippen LogP contribution >= 0.6 is 0 Å². The molecule has 0 aromatic carbocycles. The molecular formula is C14H24N4O. The summed E-state index contributed by atoms with van der Waals surface area (Å²) in [6, 6.07) is 5.94. The van der Waals surface area contributed by atoms with Gasteiger partial charge in [0.2, 0.25) is 5.88 Å². The summed E-state index contributed by atoms with van der Waals surface area (Å²) in [7, 11) is 1.66. The van der Waals surface area contributed by atoms with Crippen LogP contribution in [0.5, 0.6) is 5.88 Å². The van der Waals surface area contributed by atoms with Gasteiger partial charge in [-0.1, -0.05) is 6.07 Å². The summed E-state index contributed by atoms with van der Waals surface area (Å²) in [5.41, 5.74) is 6.62. The minimum atomic E-state index is 0.694. The zero-order valence-electron chi connectivity index (χ0n) is 11.7. The van der Waals surface area contributed by atoms with Gasteiger partial charge in [-0.25, -0.2) is 4.98 Å². The third-order valence-corrected chi connectivity index (χ3v) is 3.52. The number of hydrogen-bond acceptors (Lipinski definition) is 5. The monoisotopic (exact) mass is 264 g/mol. The molecule has 1 saturated heterocycles. The lowest BCUT2D eigenvalue weighted by atomic mass is 10.2. The molecule has 0 aliphatic carbocycles. The summed E-state index contributed by atoms with van der Waals surface area (Å²) < 4.78 is 5.16. The standard InChI is InChI=1S/C14H24N4O/c1-19-14-5-2-4-13(16-14)12-18-10-8-17(9-11-18)7-3-6-15/h2,4-5H,3,6-12,15H2,1H3. The lowest BCUT2D eigenvalue weighted by Gasteiger charge is -2.34. The van der Waals surface area contributed by atoms with E-state index in [9.17, 15) is 0 Å². The quantitative estimate of drug-likeness (QED) is 0.813. The molecule has 19 heavy (non-hydrogen) atoms. The molecule has 1 aliphatic rings. The van der Waals surface area contributed by atoms with Crippen LogP contribution in [0.15, 0.2) is 18.2 Å². The minimum Gasteiger partial charge on any atom is -0.481 e. The van der Waals surface area contributed by atoms with Crippen molar-refractivity contribution < 1.29 is 4.74 Å². The highest BCUT2D eigenvalue weighted by Gasteiger charge is 2.16. The molecule has 0 spiro atoms. The molecule has 0 bridgehead atoms. The highest BCUT2D eigenvalue weighted by atomic mass is 16.5. The molecule has 106 valence electrons. The third-order valence-electron chi connectivity index (χ3n) is 3.52. The first kappa shape index (κ1) is 14.2. The predicted octanol–water partition coefficient (Wildman–Crippen LogP) is 0.557.